The van der Waals surface area contributed by atoms with Crippen molar-refractivity contribution in [2.24, 2.45) is 7.05 Å². The lowest BCUT2D eigenvalue weighted by Crippen LogP contribution is -2.29. The van der Waals surface area contributed by atoms with Crippen molar-refractivity contribution in [1.82, 2.24) is 9.78 Å². The van der Waals surface area contributed by atoms with Gasteiger partial charge in [0.15, 0.2) is 0 Å². The Morgan fingerprint density at radius 3 is 2.30 bits per heavy atom. The molecule has 0 saturated heterocycles. The van der Waals surface area contributed by atoms with E-state index in [9.17, 15) is 22.8 Å². The van der Waals surface area contributed by atoms with Crippen LogP contribution in [0, 0.1) is 0 Å². The molecule has 5 nitrogen and oxygen atoms in total. The molecule has 2 N–H and O–H groups in total. The molecule has 1 aromatic carbocycles. The van der Waals surface area contributed by atoms with Gasteiger partial charge in [0.2, 0.25) is 0 Å². The maximum Gasteiger partial charge on any atom is 0.471 e. The second-order valence-electron chi connectivity index (χ2n) is 4.10. The highest BCUT2D eigenvalue weighted by atomic mass is 19.4. The Kier molecular flexibility index (Phi) is 3.39. The highest BCUT2D eigenvalue weighted by Gasteiger charge is 2.38. The summed E-state index contributed by atoms with van der Waals surface area (Å²) in [6.07, 6.45) is -4.93. The number of halogens is 3. The number of amides is 1. The van der Waals surface area contributed by atoms with E-state index < -0.39 is 12.1 Å². The van der Waals surface area contributed by atoms with Crippen LogP contribution in [0.5, 0.6) is 0 Å². The second-order valence-corrected chi connectivity index (χ2v) is 4.10. The zero-order chi connectivity index (χ0) is 14.9. The molecule has 8 heteroatoms. The molecule has 0 saturated carbocycles. The third-order valence-corrected chi connectivity index (χ3v) is 2.60. The third kappa shape index (κ3) is 2.90. The quantitative estimate of drug-likeness (QED) is 0.884. The molecule has 1 heterocycles. The van der Waals surface area contributed by atoms with E-state index in [1.807, 2.05) is 0 Å². The first-order valence-corrected chi connectivity index (χ1v) is 5.52. The van der Waals surface area contributed by atoms with Crippen molar-refractivity contribution in [3.63, 3.8) is 0 Å². The lowest BCUT2D eigenvalue weighted by atomic mass is 10.1. The number of nitrogens with one attached hydrogen (secondary N) is 2. The molecule has 106 valence electrons. The molecule has 1 amide bonds. The summed E-state index contributed by atoms with van der Waals surface area (Å²) in [5.41, 5.74) is 0.947. The van der Waals surface area contributed by atoms with Crippen molar-refractivity contribution >= 4 is 11.6 Å². The Morgan fingerprint density at radius 2 is 1.85 bits per heavy atom. The minimum atomic E-state index is -4.93. The summed E-state index contributed by atoms with van der Waals surface area (Å²) in [5.74, 6) is -2.03. The molecule has 0 unspecified atom stereocenters. The van der Waals surface area contributed by atoms with Crippen LogP contribution in [0.1, 0.15) is 0 Å². The fourth-order valence-corrected chi connectivity index (χ4v) is 1.57. The van der Waals surface area contributed by atoms with Crippen LogP contribution in [-0.4, -0.2) is 21.9 Å². The van der Waals surface area contributed by atoms with E-state index >= 15 is 0 Å². The molecule has 0 radical (unpaired) electrons. The number of aromatic nitrogens is 2. The van der Waals surface area contributed by atoms with Gasteiger partial charge in [0.1, 0.15) is 0 Å². The van der Waals surface area contributed by atoms with Crippen LogP contribution in [0.2, 0.25) is 0 Å². The van der Waals surface area contributed by atoms with Gasteiger partial charge in [-0.3, -0.25) is 19.4 Å². The van der Waals surface area contributed by atoms with E-state index in [2.05, 4.69) is 5.10 Å². The number of hydrogen-bond donors (Lipinski definition) is 2. The van der Waals surface area contributed by atoms with Crippen LogP contribution in [-0.2, 0) is 11.8 Å². The molecule has 2 rings (SSSR count). The van der Waals surface area contributed by atoms with Gasteiger partial charge in [0.05, 0.1) is 5.69 Å². The fraction of sp³-hybridized carbons (Fsp3) is 0.167. The van der Waals surface area contributed by atoms with Gasteiger partial charge in [-0.15, -0.1) is 0 Å². The molecule has 1 aromatic heterocycles. The first kappa shape index (κ1) is 13.9. The molecular weight excluding hydrogens is 275 g/mol. The molecule has 0 aliphatic rings. The number of nitrogens with zero attached hydrogens (tertiary/aromatic N) is 1. The van der Waals surface area contributed by atoms with Crippen molar-refractivity contribution in [2.45, 2.75) is 6.18 Å². The topological polar surface area (TPSA) is 66.9 Å². The van der Waals surface area contributed by atoms with E-state index in [0.29, 0.717) is 11.3 Å². The van der Waals surface area contributed by atoms with Gasteiger partial charge in [0, 0.05) is 18.8 Å². The van der Waals surface area contributed by atoms with Gasteiger partial charge < -0.3 is 5.32 Å². The number of rotatable bonds is 2. The van der Waals surface area contributed by atoms with Gasteiger partial charge in [-0.25, -0.2) is 0 Å². The first-order chi connectivity index (χ1) is 9.27. The predicted molar refractivity (Wildman–Crippen MR) is 66.2 cm³/mol. The van der Waals surface area contributed by atoms with E-state index in [1.54, 1.807) is 12.4 Å². The SMILES string of the molecule is Cn1[nH]c(-c2ccc(NC(=O)C(F)(F)F)cc2)cc1=O. The zero-order valence-corrected chi connectivity index (χ0v) is 10.3. The van der Waals surface area contributed by atoms with Crippen molar-refractivity contribution in [2.75, 3.05) is 5.32 Å². The van der Waals surface area contributed by atoms with Gasteiger partial charge in [-0.05, 0) is 17.7 Å². The predicted octanol–water partition coefficient (Wildman–Crippen LogP) is 1.88. The third-order valence-electron chi connectivity index (χ3n) is 2.60. The molecule has 2 aromatic rings. The summed E-state index contributed by atoms with van der Waals surface area (Å²) in [7, 11) is 1.55. The smallest absolute Gasteiger partial charge is 0.318 e. The van der Waals surface area contributed by atoms with Gasteiger partial charge in [-0.1, -0.05) is 12.1 Å². The number of hydrogen-bond acceptors (Lipinski definition) is 2. The molecule has 0 aliphatic heterocycles. The largest absolute Gasteiger partial charge is 0.471 e. The molecule has 0 aliphatic carbocycles. The fourth-order valence-electron chi connectivity index (χ4n) is 1.57. The van der Waals surface area contributed by atoms with Gasteiger partial charge in [0.25, 0.3) is 5.56 Å². The Bertz CT molecular complexity index is 683. The van der Waals surface area contributed by atoms with E-state index in [4.69, 9.17) is 0 Å². The number of carbonyl (C=O) groups is 1. The summed E-state index contributed by atoms with van der Waals surface area (Å²) >= 11 is 0. The van der Waals surface area contributed by atoms with Gasteiger partial charge >= 0.3 is 12.1 Å². The van der Waals surface area contributed by atoms with E-state index in [-0.39, 0.29) is 11.2 Å². The Hall–Kier alpha value is -2.51. The van der Waals surface area contributed by atoms with Crippen LogP contribution in [0.15, 0.2) is 35.1 Å². The Morgan fingerprint density at radius 1 is 1.25 bits per heavy atom. The summed E-state index contributed by atoms with van der Waals surface area (Å²) in [4.78, 5) is 22.0. The summed E-state index contributed by atoms with van der Waals surface area (Å²) < 4.78 is 37.5. The van der Waals surface area contributed by atoms with Crippen molar-refractivity contribution in [1.29, 1.82) is 0 Å². The number of anilines is 1. The number of carbonyl (C=O) groups excluding carboxylic acids is 1. The lowest BCUT2D eigenvalue weighted by molar-refractivity contribution is -0.167. The minimum absolute atomic E-state index is 0.0225. The van der Waals surface area contributed by atoms with Crippen LogP contribution in [0.4, 0.5) is 18.9 Å². The maximum atomic E-state index is 12.1. The zero-order valence-electron chi connectivity index (χ0n) is 10.3. The van der Waals surface area contributed by atoms with Crippen LogP contribution in [0.3, 0.4) is 0 Å². The van der Waals surface area contributed by atoms with Crippen LogP contribution < -0.4 is 10.9 Å². The maximum absolute atomic E-state index is 12.1. The molecule has 0 fully saturated rings. The highest BCUT2D eigenvalue weighted by Crippen LogP contribution is 2.21. The van der Waals surface area contributed by atoms with E-state index in [0.717, 1.165) is 0 Å². The second kappa shape index (κ2) is 4.87. The molecular formula is C12H10F3N3O2. The highest BCUT2D eigenvalue weighted by molar-refractivity contribution is 5.95. The van der Waals surface area contributed by atoms with Crippen molar-refractivity contribution in [3.05, 3.63) is 40.7 Å². The van der Waals surface area contributed by atoms with Crippen LogP contribution >= 0.6 is 0 Å². The Labute approximate surface area is 111 Å². The number of aromatic amines is 1. The van der Waals surface area contributed by atoms with Crippen molar-refractivity contribution in [3.8, 4) is 11.3 Å². The molecule has 0 bridgehead atoms. The average molecular weight is 285 g/mol. The Balaban J connectivity index is 2.18. The lowest BCUT2D eigenvalue weighted by Gasteiger charge is -2.08. The van der Waals surface area contributed by atoms with Crippen molar-refractivity contribution < 1.29 is 18.0 Å². The average Bonchev–Trinajstić information content (AvgIpc) is 2.69. The van der Waals surface area contributed by atoms with Crippen LogP contribution in [0.25, 0.3) is 11.3 Å². The number of benzene rings is 1. The summed E-state index contributed by atoms with van der Waals surface area (Å²) in [6.45, 7) is 0. The summed E-state index contributed by atoms with van der Waals surface area (Å²) in [5, 5.41) is 4.52. The normalized spacial score (nSPS) is 11.4. The summed E-state index contributed by atoms with van der Waals surface area (Å²) in [6, 6.07) is 7.01. The monoisotopic (exact) mass is 285 g/mol. The first-order valence-electron chi connectivity index (χ1n) is 5.52. The molecule has 0 atom stereocenters. The van der Waals surface area contributed by atoms with E-state index in [1.165, 1.54) is 35.0 Å². The minimum Gasteiger partial charge on any atom is -0.318 e. The molecule has 0 spiro atoms. The number of alkyl halides is 3. The number of H-pyrrole nitrogens is 1. The van der Waals surface area contributed by atoms with Gasteiger partial charge in [-0.2, -0.15) is 13.2 Å². The number of aryl methyl sites for hydroxylation is 1. The molecule has 20 heavy (non-hydrogen) atoms. The standard InChI is InChI=1S/C12H10F3N3O2/c1-18-10(19)6-9(17-18)7-2-4-8(5-3-7)16-11(20)12(13,14)15/h2-6,17H,1H3,(H,16,20).